The summed E-state index contributed by atoms with van der Waals surface area (Å²) in [7, 11) is 1.51. The van der Waals surface area contributed by atoms with E-state index in [1.807, 2.05) is 0 Å². The number of oxime groups is 1. The van der Waals surface area contributed by atoms with Crippen LogP contribution in [-0.2, 0) is 9.53 Å². The topological polar surface area (TPSA) is 58.9 Å². The van der Waals surface area contributed by atoms with Gasteiger partial charge in [0.05, 0.1) is 6.61 Å². The molecule has 0 saturated heterocycles. The van der Waals surface area contributed by atoms with Crippen molar-refractivity contribution in [2.24, 2.45) is 5.16 Å². The first-order chi connectivity index (χ1) is 5.77. The van der Waals surface area contributed by atoms with Crippen molar-refractivity contribution >= 4 is 11.5 Å². The third-order valence-electron chi connectivity index (χ3n) is 1.46. The molecular formula is C8H9NO3. The van der Waals surface area contributed by atoms with Gasteiger partial charge >= 0.3 is 0 Å². The third kappa shape index (κ3) is 1.79. The van der Waals surface area contributed by atoms with E-state index in [4.69, 9.17) is 9.94 Å². The number of allylic oxidation sites excluding steroid dienone is 3. The highest BCUT2D eigenvalue weighted by Crippen LogP contribution is 2.06. The number of ketones is 1. The van der Waals surface area contributed by atoms with Gasteiger partial charge in [0.15, 0.2) is 5.78 Å². The lowest BCUT2D eigenvalue weighted by molar-refractivity contribution is -0.110. The van der Waals surface area contributed by atoms with Crippen LogP contribution in [0.4, 0.5) is 0 Å². The van der Waals surface area contributed by atoms with E-state index in [0.717, 1.165) is 0 Å². The normalized spacial score (nSPS) is 19.9. The minimum absolute atomic E-state index is 0.116. The van der Waals surface area contributed by atoms with Crippen molar-refractivity contribution in [2.75, 3.05) is 13.7 Å². The molecule has 4 nitrogen and oxygen atoms in total. The summed E-state index contributed by atoms with van der Waals surface area (Å²) in [5.41, 5.74) is 0.962. The number of nitrogens with zero attached hydrogens (tertiary/aromatic N) is 1. The van der Waals surface area contributed by atoms with Crippen LogP contribution in [0.1, 0.15) is 0 Å². The highest BCUT2D eigenvalue weighted by atomic mass is 16.5. The molecule has 1 aliphatic rings. The molecule has 0 atom stereocenters. The van der Waals surface area contributed by atoms with Crippen LogP contribution in [0.5, 0.6) is 0 Å². The SMILES string of the molecule is COCC1=CC(=O)C=C/C1=N/O. The number of hydrogen-bond donors (Lipinski definition) is 1. The van der Waals surface area contributed by atoms with Gasteiger partial charge in [0.1, 0.15) is 5.71 Å². The molecule has 0 heterocycles. The molecule has 0 spiro atoms. The second-order valence-electron chi connectivity index (χ2n) is 2.32. The van der Waals surface area contributed by atoms with Crippen molar-refractivity contribution < 1.29 is 14.7 Å². The molecule has 0 radical (unpaired) electrons. The average Bonchev–Trinajstić information content (AvgIpc) is 2.05. The first-order valence-corrected chi connectivity index (χ1v) is 3.42. The predicted octanol–water partition coefficient (Wildman–Crippen LogP) is 0.528. The zero-order chi connectivity index (χ0) is 8.97. The maximum atomic E-state index is 10.9. The Bertz CT molecular complexity index is 276. The van der Waals surface area contributed by atoms with Gasteiger partial charge in [-0.2, -0.15) is 0 Å². The minimum atomic E-state index is -0.116. The van der Waals surface area contributed by atoms with Crippen LogP contribution in [0.2, 0.25) is 0 Å². The van der Waals surface area contributed by atoms with Crippen molar-refractivity contribution in [1.82, 2.24) is 0 Å². The first-order valence-electron chi connectivity index (χ1n) is 3.42. The Hall–Kier alpha value is -1.42. The lowest BCUT2D eigenvalue weighted by Crippen LogP contribution is -2.12. The Morgan fingerprint density at radius 2 is 2.33 bits per heavy atom. The fraction of sp³-hybridized carbons (Fsp3) is 0.250. The molecule has 0 unspecified atom stereocenters. The summed E-state index contributed by atoms with van der Waals surface area (Å²) in [5, 5.41) is 11.5. The number of hydrogen-bond acceptors (Lipinski definition) is 4. The van der Waals surface area contributed by atoms with Gasteiger partial charge < -0.3 is 9.94 Å². The second-order valence-corrected chi connectivity index (χ2v) is 2.32. The van der Waals surface area contributed by atoms with Crippen molar-refractivity contribution in [1.29, 1.82) is 0 Å². The van der Waals surface area contributed by atoms with E-state index in [2.05, 4.69) is 5.16 Å². The summed E-state index contributed by atoms with van der Waals surface area (Å²) in [6.07, 6.45) is 4.18. The first kappa shape index (κ1) is 8.67. The fourth-order valence-electron chi connectivity index (χ4n) is 0.931. The van der Waals surface area contributed by atoms with E-state index in [1.165, 1.54) is 25.3 Å². The lowest BCUT2D eigenvalue weighted by atomic mass is 10.0. The zero-order valence-corrected chi connectivity index (χ0v) is 6.65. The van der Waals surface area contributed by atoms with Gasteiger partial charge in [0.2, 0.25) is 0 Å². The summed E-state index contributed by atoms with van der Waals surface area (Å²) in [6.45, 7) is 0.273. The van der Waals surface area contributed by atoms with Crippen LogP contribution >= 0.6 is 0 Å². The van der Waals surface area contributed by atoms with Crippen LogP contribution in [0, 0.1) is 0 Å². The Labute approximate surface area is 69.8 Å². The molecule has 64 valence electrons. The van der Waals surface area contributed by atoms with Gasteiger partial charge in [0, 0.05) is 12.7 Å². The van der Waals surface area contributed by atoms with Crippen molar-refractivity contribution in [3.8, 4) is 0 Å². The Kier molecular flexibility index (Phi) is 2.76. The van der Waals surface area contributed by atoms with Crippen LogP contribution < -0.4 is 0 Å². The molecule has 0 fully saturated rings. The van der Waals surface area contributed by atoms with Gasteiger partial charge in [-0.05, 0) is 18.2 Å². The van der Waals surface area contributed by atoms with Gasteiger partial charge in [-0.15, -0.1) is 0 Å². The highest BCUT2D eigenvalue weighted by Gasteiger charge is 2.10. The van der Waals surface area contributed by atoms with Crippen LogP contribution in [0.15, 0.2) is 29.0 Å². The smallest absolute Gasteiger partial charge is 0.179 e. The largest absolute Gasteiger partial charge is 0.410 e. The molecule has 0 amide bonds. The van der Waals surface area contributed by atoms with E-state index >= 15 is 0 Å². The van der Waals surface area contributed by atoms with Gasteiger partial charge in [-0.25, -0.2) is 0 Å². The molecule has 0 saturated carbocycles. The minimum Gasteiger partial charge on any atom is -0.410 e. The van der Waals surface area contributed by atoms with Crippen molar-refractivity contribution in [2.45, 2.75) is 0 Å². The fourth-order valence-corrected chi connectivity index (χ4v) is 0.931. The molecule has 12 heavy (non-hydrogen) atoms. The maximum Gasteiger partial charge on any atom is 0.179 e. The molecular weight excluding hydrogens is 158 g/mol. The van der Waals surface area contributed by atoms with Gasteiger partial charge in [-0.3, -0.25) is 4.79 Å². The summed E-state index contributed by atoms with van der Waals surface area (Å²) < 4.78 is 4.82. The monoisotopic (exact) mass is 167 g/mol. The number of carbonyl (C=O) groups excluding carboxylic acids is 1. The summed E-state index contributed by atoms with van der Waals surface area (Å²) in [4.78, 5) is 10.9. The molecule has 0 bridgehead atoms. The number of methoxy groups -OCH3 is 1. The number of rotatable bonds is 2. The average molecular weight is 167 g/mol. The van der Waals surface area contributed by atoms with Crippen LogP contribution in [0.25, 0.3) is 0 Å². The number of ether oxygens (including phenoxy) is 1. The quantitative estimate of drug-likeness (QED) is 0.370. The van der Waals surface area contributed by atoms with E-state index in [-0.39, 0.29) is 12.4 Å². The summed E-state index contributed by atoms with van der Waals surface area (Å²) >= 11 is 0. The van der Waals surface area contributed by atoms with Gasteiger partial charge in [0.25, 0.3) is 0 Å². The molecule has 1 N–H and O–H groups in total. The molecule has 4 heteroatoms. The van der Waals surface area contributed by atoms with E-state index in [1.54, 1.807) is 0 Å². The Morgan fingerprint density at radius 1 is 1.58 bits per heavy atom. The summed E-state index contributed by atoms with van der Waals surface area (Å²) in [6, 6.07) is 0. The predicted molar refractivity (Wildman–Crippen MR) is 43.3 cm³/mol. The van der Waals surface area contributed by atoms with Crippen molar-refractivity contribution in [3.05, 3.63) is 23.8 Å². The van der Waals surface area contributed by atoms with E-state index in [9.17, 15) is 4.79 Å². The van der Waals surface area contributed by atoms with Crippen molar-refractivity contribution in [3.63, 3.8) is 0 Å². The van der Waals surface area contributed by atoms with E-state index in [0.29, 0.717) is 11.3 Å². The molecule has 0 aromatic rings. The number of carbonyl (C=O) groups is 1. The molecule has 1 rings (SSSR count). The molecule has 0 aromatic heterocycles. The summed E-state index contributed by atoms with van der Waals surface area (Å²) in [5.74, 6) is -0.116. The molecule has 0 aromatic carbocycles. The zero-order valence-electron chi connectivity index (χ0n) is 6.65. The third-order valence-corrected chi connectivity index (χ3v) is 1.46. The van der Waals surface area contributed by atoms with Crippen LogP contribution in [-0.4, -0.2) is 30.4 Å². The molecule has 1 aliphatic carbocycles. The lowest BCUT2D eigenvalue weighted by Gasteiger charge is -2.07. The van der Waals surface area contributed by atoms with Crippen LogP contribution in [0.3, 0.4) is 0 Å². The Morgan fingerprint density at radius 3 is 2.92 bits per heavy atom. The molecule has 0 aliphatic heterocycles. The van der Waals surface area contributed by atoms with E-state index < -0.39 is 0 Å². The maximum absolute atomic E-state index is 10.9. The second kappa shape index (κ2) is 3.82. The highest BCUT2D eigenvalue weighted by molar-refractivity contribution is 6.19. The Balaban J connectivity index is 2.85. The standard InChI is InChI=1S/C8H9NO3/c1-12-5-6-4-7(10)2-3-8(6)9-11/h2-4,11H,5H2,1H3/b9-8-. The van der Waals surface area contributed by atoms with Gasteiger partial charge in [-0.1, -0.05) is 5.16 Å².